The summed E-state index contributed by atoms with van der Waals surface area (Å²) < 4.78 is 20.3. The van der Waals surface area contributed by atoms with Crippen molar-refractivity contribution in [2.75, 3.05) is 13.7 Å². The van der Waals surface area contributed by atoms with Gasteiger partial charge in [-0.05, 0) is 35.9 Å². The van der Waals surface area contributed by atoms with Gasteiger partial charge in [0.25, 0.3) is 5.56 Å². The Morgan fingerprint density at radius 3 is 2.70 bits per heavy atom. The van der Waals surface area contributed by atoms with Crippen LogP contribution >= 0.6 is 0 Å². The number of aromatic nitrogens is 1. The van der Waals surface area contributed by atoms with Gasteiger partial charge in [0.2, 0.25) is 0 Å². The van der Waals surface area contributed by atoms with Gasteiger partial charge >= 0.3 is 0 Å². The lowest BCUT2D eigenvalue weighted by molar-refractivity contribution is 0.0814. The SMILES string of the molecule is COc1ccc2c(c1)c(-c1cccc(F)c1)c(C#N)c(=O)n2CC(O)CO. The summed E-state index contributed by atoms with van der Waals surface area (Å²) in [4.78, 5) is 12.9. The van der Waals surface area contributed by atoms with Crippen LogP contribution in [0.1, 0.15) is 5.56 Å². The van der Waals surface area contributed by atoms with E-state index in [2.05, 4.69) is 0 Å². The Labute approximate surface area is 154 Å². The standard InChI is InChI=1S/C20H17FN2O4/c1-27-15-5-6-18-16(8-15)19(12-3-2-4-13(21)7-12)17(9-22)20(26)23(18)10-14(25)11-24/h2-8,14,24-25H,10-11H2,1H3. The summed E-state index contributed by atoms with van der Waals surface area (Å²) in [7, 11) is 1.49. The number of benzene rings is 2. The number of aliphatic hydroxyl groups excluding tert-OH is 2. The average Bonchev–Trinajstić information content (AvgIpc) is 2.68. The molecule has 0 amide bonds. The van der Waals surface area contributed by atoms with Gasteiger partial charge in [-0.25, -0.2) is 4.39 Å². The van der Waals surface area contributed by atoms with Crippen LogP contribution in [0.5, 0.6) is 5.75 Å². The van der Waals surface area contributed by atoms with Crippen LogP contribution in [-0.2, 0) is 6.54 Å². The second kappa shape index (κ2) is 7.58. The Morgan fingerprint density at radius 1 is 1.30 bits per heavy atom. The second-order valence-corrected chi connectivity index (χ2v) is 6.01. The molecule has 1 unspecified atom stereocenters. The maximum absolute atomic E-state index is 13.8. The smallest absolute Gasteiger partial charge is 0.269 e. The van der Waals surface area contributed by atoms with Crippen LogP contribution in [0.25, 0.3) is 22.0 Å². The van der Waals surface area contributed by atoms with Gasteiger partial charge in [0.15, 0.2) is 0 Å². The lowest BCUT2D eigenvalue weighted by atomic mass is 9.96. The predicted octanol–water partition coefficient (Wildman–Crippen LogP) is 2.04. The van der Waals surface area contributed by atoms with E-state index in [0.717, 1.165) is 0 Å². The summed E-state index contributed by atoms with van der Waals surface area (Å²) >= 11 is 0. The van der Waals surface area contributed by atoms with Crippen molar-refractivity contribution in [3.8, 4) is 22.9 Å². The number of fused-ring (bicyclic) bond motifs is 1. The van der Waals surface area contributed by atoms with E-state index in [1.807, 2.05) is 6.07 Å². The van der Waals surface area contributed by atoms with Crippen LogP contribution in [0.4, 0.5) is 4.39 Å². The van der Waals surface area contributed by atoms with E-state index < -0.39 is 24.1 Å². The van der Waals surface area contributed by atoms with Crippen molar-refractivity contribution >= 4 is 10.9 Å². The summed E-state index contributed by atoms with van der Waals surface area (Å²) in [5, 5.41) is 29.1. The highest BCUT2D eigenvalue weighted by atomic mass is 19.1. The van der Waals surface area contributed by atoms with Gasteiger partial charge < -0.3 is 19.5 Å². The largest absolute Gasteiger partial charge is 0.497 e. The number of methoxy groups -OCH3 is 1. The summed E-state index contributed by atoms with van der Waals surface area (Å²) in [6, 6.07) is 12.5. The highest BCUT2D eigenvalue weighted by Gasteiger charge is 2.20. The summed E-state index contributed by atoms with van der Waals surface area (Å²) in [5.41, 5.74) is 0.322. The highest BCUT2D eigenvalue weighted by Crippen LogP contribution is 2.33. The number of nitrogens with zero attached hydrogens (tertiary/aromatic N) is 2. The van der Waals surface area contributed by atoms with Crippen LogP contribution in [0, 0.1) is 17.1 Å². The summed E-state index contributed by atoms with van der Waals surface area (Å²) in [6.07, 6.45) is -1.17. The molecule has 3 rings (SSSR count). The molecule has 2 N–H and O–H groups in total. The minimum atomic E-state index is -1.17. The summed E-state index contributed by atoms with van der Waals surface area (Å²) in [6.45, 7) is -0.714. The maximum atomic E-state index is 13.8. The molecule has 0 aliphatic carbocycles. The lowest BCUT2D eigenvalue weighted by Gasteiger charge is -2.18. The maximum Gasteiger partial charge on any atom is 0.269 e. The third-order valence-electron chi connectivity index (χ3n) is 4.30. The van der Waals surface area contributed by atoms with Gasteiger partial charge in [-0.2, -0.15) is 5.26 Å². The fraction of sp³-hybridized carbons (Fsp3) is 0.200. The number of pyridine rings is 1. The van der Waals surface area contributed by atoms with Gasteiger partial charge in [0, 0.05) is 10.9 Å². The van der Waals surface area contributed by atoms with Gasteiger partial charge in [-0.3, -0.25) is 4.79 Å². The van der Waals surface area contributed by atoms with Crippen molar-refractivity contribution in [1.82, 2.24) is 4.57 Å². The zero-order chi connectivity index (χ0) is 19.6. The van der Waals surface area contributed by atoms with E-state index in [0.29, 0.717) is 27.8 Å². The fourth-order valence-corrected chi connectivity index (χ4v) is 3.06. The molecule has 138 valence electrons. The first kappa shape index (κ1) is 18.6. The molecule has 3 aromatic rings. The van der Waals surface area contributed by atoms with Gasteiger partial charge in [0.1, 0.15) is 23.2 Å². The lowest BCUT2D eigenvalue weighted by Crippen LogP contribution is -2.30. The zero-order valence-electron chi connectivity index (χ0n) is 14.5. The molecule has 0 saturated heterocycles. The molecule has 7 heteroatoms. The summed E-state index contributed by atoms with van der Waals surface area (Å²) in [5.74, 6) is 0.00395. The van der Waals surface area contributed by atoms with Gasteiger partial charge in [-0.15, -0.1) is 0 Å². The number of hydrogen-bond donors (Lipinski definition) is 2. The number of rotatable bonds is 5. The minimum absolute atomic E-state index is 0.175. The molecule has 1 aromatic heterocycles. The van der Waals surface area contributed by atoms with Crippen molar-refractivity contribution < 1.29 is 19.3 Å². The Kier molecular flexibility index (Phi) is 5.21. The Hall–Kier alpha value is -3.21. The van der Waals surface area contributed by atoms with Crippen molar-refractivity contribution in [3.05, 3.63) is 64.2 Å². The van der Waals surface area contributed by atoms with E-state index in [9.17, 15) is 19.6 Å². The number of hydrogen-bond acceptors (Lipinski definition) is 5. The molecule has 1 heterocycles. The first-order valence-electron chi connectivity index (χ1n) is 8.19. The van der Waals surface area contributed by atoms with E-state index in [1.54, 1.807) is 24.3 Å². The highest BCUT2D eigenvalue weighted by molar-refractivity contribution is 5.98. The van der Waals surface area contributed by atoms with Crippen LogP contribution in [0.3, 0.4) is 0 Å². The van der Waals surface area contributed by atoms with Crippen LogP contribution in [-0.4, -0.2) is 34.6 Å². The van der Waals surface area contributed by atoms with Gasteiger partial charge in [0.05, 0.1) is 31.9 Å². The van der Waals surface area contributed by atoms with E-state index in [-0.39, 0.29) is 12.1 Å². The van der Waals surface area contributed by atoms with Crippen LogP contribution < -0.4 is 10.3 Å². The van der Waals surface area contributed by atoms with Crippen LogP contribution in [0.15, 0.2) is 47.3 Å². The molecule has 1 atom stereocenters. The molecule has 0 aliphatic heterocycles. The fourth-order valence-electron chi connectivity index (χ4n) is 3.06. The normalized spacial score (nSPS) is 12.0. The Balaban J connectivity index is 2.46. The quantitative estimate of drug-likeness (QED) is 0.719. The van der Waals surface area contributed by atoms with Gasteiger partial charge in [-0.1, -0.05) is 12.1 Å². The van der Waals surface area contributed by atoms with E-state index in [1.165, 1.54) is 29.9 Å². The first-order valence-corrected chi connectivity index (χ1v) is 8.19. The molecular formula is C20H17FN2O4. The number of halogens is 1. The first-order chi connectivity index (χ1) is 13.0. The average molecular weight is 368 g/mol. The number of nitriles is 1. The second-order valence-electron chi connectivity index (χ2n) is 6.01. The number of aliphatic hydroxyl groups is 2. The predicted molar refractivity (Wildman–Crippen MR) is 98.0 cm³/mol. The van der Waals surface area contributed by atoms with E-state index >= 15 is 0 Å². The Morgan fingerprint density at radius 2 is 2.07 bits per heavy atom. The molecular weight excluding hydrogens is 351 g/mol. The van der Waals surface area contributed by atoms with Crippen LogP contribution in [0.2, 0.25) is 0 Å². The molecule has 6 nitrogen and oxygen atoms in total. The molecule has 0 spiro atoms. The minimum Gasteiger partial charge on any atom is -0.497 e. The molecule has 27 heavy (non-hydrogen) atoms. The van der Waals surface area contributed by atoms with Crippen molar-refractivity contribution in [2.24, 2.45) is 0 Å². The van der Waals surface area contributed by atoms with Crippen molar-refractivity contribution in [1.29, 1.82) is 5.26 Å². The molecule has 2 aromatic carbocycles. The molecule has 0 bridgehead atoms. The monoisotopic (exact) mass is 368 g/mol. The zero-order valence-corrected chi connectivity index (χ0v) is 14.5. The van der Waals surface area contributed by atoms with Crippen molar-refractivity contribution in [2.45, 2.75) is 12.6 Å². The topological polar surface area (TPSA) is 95.5 Å². The van der Waals surface area contributed by atoms with Crippen molar-refractivity contribution in [3.63, 3.8) is 0 Å². The molecule has 0 radical (unpaired) electrons. The third kappa shape index (κ3) is 3.40. The molecule has 0 fully saturated rings. The molecule has 0 saturated carbocycles. The Bertz CT molecular complexity index is 1100. The third-order valence-corrected chi connectivity index (χ3v) is 4.30. The van der Waals surface area contributed by atoms with E-state index in [4.69, 9.17) is 9.84 Å². The number of ether oxygens (including phenoxy) is 1. The molecule has 0 aliphatic rings.